The Morgan fingerprint density at radius 1 is 1.50 bits per heavy atom. The predicted octanol–water partition coefficient (Wildman–Crippen LogP) is 2.92. The molecule has 1 aromatic carbocycles. The summed E-state index contributed by atoms with van der Waals surface area (Å²) in [6, 6.07) is 4.79. The molecule has 1 fully saturated rings. The zero-order chi connectivity index (χ0) is 14.9. The molecule has 6 heteroatoms. The van der Waals surface area contributed by atoms with Crippen molar-refractivity contribution in [1.82, 2.24) is 0 Å². The molecule has 1 saturated carbocycles. The van der Waals surface area contributed by atoms with Gasteiger partial charge in [0, 0.05) is 24.3 Å². The average molecular weight is 278 g/mol. The van der Waals surface area contributed by atoms with Gasteiger partial charge in [0.15, 0.2) is 0 Å². The SMILES string of the molecule is CC(C)CN(c1ccc(C(=O)O)c([N+](=O)[O-])c1)C1CC1. The molecule has 20 heavy (non-hydrogen) atoms. The smallest absolute Gasteiger partial charge is 0.342 e. The van der Waals surface area contributed by atoms with Crippen LogP contribution in [-0.4, -0.2) is 28.6 Å². The average Bonchev–Trinajstić information content (AvgIpc) is 3.19. The maximum Gasteiger partial charge on any atom is 0.342 e. The predicted molar refractivity (Wildman–Crippen MR) is 75.3 cm³/mol. The van der Waals surface area contributed by atoms with Gasteiger partial charge in [0.1, 0.15) is 5.56 Å². The second-order valence-electron chi connectivity index (χ2n) is 5.54. The third-order valence-electron chi connectivity index (χ3n) is 3.29. The molecule has 0 saturated heterocycles. The Balaban J connectivity index is 2.38. The summed E-state index contributed by atoms with van der Waals surface area (Å²) in [6.45, 7) is 5.00. The van der Waals surface area contributed by atoms with Crippen molar-refractivity contribution >= 4 is 17.3 Å². The molecule has 0 unspecified atom stereocenters. The van der Waals surface area contributed by atoms with Crippen molar-refractivity contribution in [3.8, 4) is 0 Å². The van der Waals surface area contributed by atoms with Crippen molar-refractivity contribution < 1.29 is 14.8 Å². The standard InChI is InChI=1S/C14H18N2O4/c1-9(2)8-15(10-3-4-10)11-5-6-12(14(17)18)13(7-11)16(19)20/h5-7,9-10H,3-4,8H2,1-2H3,(H,17,18). The highest BCUT2D eigenvalue weighted by Crippen LogP contribution is 2.34. The number of carboxylic acids is 1. The highest BCUT2D eigenvalue weighted by atomic mass is 16.6. The summed E-state index contributed by atoms with van der Waals surface area (Å²) < 4.78 is 0. The van der Waals surface area contributed by atoms with Gasteiger partial charge in [-0.2, -0.15) is 0 Å². The summed E-state index contributed by atoms with van der Waals surface area (Å²) in [6.07, 6.45) is 2.17. The molecule has 0 spiro atoms. The van der Waals surface area contributed by atoms with E-state index in [1.54, 1.807) is 6.07 Å². The second kappa shape index (κ2) is 5.48. The molecule has 0 aliphatic heterocycles. The maximum atomic E-state index is 11.0. The van der Waals surface area contributed by atoms with E-state index in [0.29, 0.717) is 12.0 Å². The van der Waals surface area contributed by atoms with Gasteiger partial charge < -0.3 is 10.0 Å². The van der Waals surface area contributed by atoms with E-state index in [0.717, 1.165) is 25.1 Å². The summed E-state index contributed by atoms with van der Waals surface area (Å²) >= 11 is 0. The fraction of sp³-hybridized carbons (Fsp3) is 0.500. The Kier molecular flexibility index (Phi) is 3.92. The minimum absolute atomic E-state index is 0.265. The number of nitro benzene ring substituents is 1. The monoisotopic (exact) mass is 278 g/mol. The number of benzene rings is 1. The molecule has 6 nitrogen and oxygen atoms in total. The van der Waals surface area contributed by atoms with Crippen molar-refractivity contribution in [3.63, 3.8) is 0 Å². The van der Waals surface area contributed by atoms with Crippen LogP contribution in [0, 0.1) is 16.0 Å². The molecule has 1 N–H and O–H groups in total. The van der Waals surface area contributed by atoms with Crippen LogP contribution < -0.4 is 4.90 Å². The topological polar surface area (TPSA) is 83.7 Å². The first kappa shape index (κ1) is 14.3. The molecule has 1 aliphatic carbocycles. The highest BCUT2D eigenvalue weighted by Gasteiger charge is 2.31. The van der Waals surface area contributed by atoms with Crippen molar-refractivity contribution in [2.75, 3.05) is 11.4 Å². The van der Waals surface area contributed by atoms with Crippen molar-refractivity contribution in [3.05, 3.63) is 33.9 Å². The molecule has 1 aromatic rings. The van der Waals surface area contributed by atoms with Crippen LogP contribution in [0.15, 0.2) is 18.2 Å². The van der Waals surface area contributed by atoms with Gasteiger partial charge in [0.05, 0.1) is 4.92 Å². The van der Waals surface area contributed by atoms with Crippen LogP contribution >= 0.6 is 0 Å². The summed E-state index contributed by atoms with van der Waals surface area (Å²) in [7, 11) is 0. The molecule has 0 radical (unpaired) electrons. The van der Waals surface area contributed by atoms with E-state index >= 15 is 0 Å². The molecular weight excluding hydrogens is 260 g/mol. The zero-order valence-electron chi connectivity index (χ0n) is 11.6. The number of aromatic carboxylic acids is 1. The normalized spacial score (nSPS) is 14.3. The molecule has 0 heterocycles. The first-order valence-corrected chi connectivity index (χ1v) is 6.68. The first-order chi connectivity index (χ1) is 9.40. The quantitative estimate of drug-likeness (QED) is 0.639. The lowest BCUT2D eigenvalue weighted by Crippen LogP contribution is -2.29. The molecule has 108 valence electrons. The number of hydrogen-bond acceptors (Lipinski definition) is 4. The summed E-state index contributed by atoms with van der Waals surface area (Å²) in [5, 5.41) is 20.0. The van der Waals surface area contributed by atoms with Crippen LogP contribution in [-0.2, 0) is 0 Å². The van der Waals surface area contributed by atoms with Crippen molar-refractivity contribution in [2.24, 2.45) is 5.92 Å². The van der Waals surface area contributed by atoms with Gasteiger partial charge in [0.25, 0.3) is 5.69 Å². The number of rotatable bonds is 6. The number of nitro groups is 1. The van der Waals surface area contributed by atoms with E-state index in [1.807, 2.05) is 0 Å². The number of carboxylic acid groups (broad SMARTS) is 1. The largest absolute Gasteiger partial charge is 0.477 e. The number of carbonyl (C=O) groups is 1. The molecule has 1 aliphatic rings. The Bertz CT molecular complexity index is 538. The Labute approximate surface area is 117 Å². The van der Waals surface area contributed by atoms with E-state index in [2.05, 4.69) is 18.7 Å². The van der Waals surface area contributed by atoms with Gasteiger partial charge in [0.2, 0.25) is 0 Å². The van der Waals surface area contributed by atoms with Crippen LogP contribution in [0.1, 0.15) is 37.0 Å². The van der Waals surface area contributed by atoms with E-state index in [4.69, 9.17) is 5.11 Å². The van der Waals surface area contributed by atoms with Crippen LogP contribution in [0.4, 0.5) is 11.4 Å². The third kappa shape index (κ3) is 3.07. The summed E-state index contributed by atoms with van der Waals surface area (Å²) in [5.74, 6) is -0.834. The van der Waals surface area contributed by atoms with E-state index < -0.39 is 10.9 Å². The van der Waals surface area contributed by atoms with Crippen LogP contribution in [0.25, 0.3) is 0 Å². The fourth-order valence-electron chi connectivity index (χ4n) is 2.28. The zero-order valence-corrected chi connectivity index (χ0v) is 11.6. The Morgan fingerprint density at radius 3 is 2.60 bits per heavy atom. The Hall–Kier alpha value is -2.11. The van der Waals surface area contributed by atoms with E-state index in [9.17, 15) is 14.9 Å². The van der Waals surface area contributed by atoms with Gasteiger partial charge in [-0.25, -0.2) is 4.79 Å². The van der Waals surface area contributed by atoms with E-state index in [1.165, 1.54) is 12.1 Å². The lowest BCUT2D eigenvalue weighted by Gasteiger charge is -2.26. The van der Waals surface area contributed by atoms with Crippen LogP contribution in [0.3, 0.4) is 0 Å². The van der Waals surface area contributed by atoms with Crippen molar-refractivity contribution in [1.29, 1.82) is 0 Å². The van der Waals surface area contributed by atoms with Crippen LogP contribution in [0.2, 0.25) is 0 Å². The van der Waals surface area contributed by atoms with Gasteiger partial charge >= 0.3 is 5.97 Å². The minimum atomic E-state index is -1.27. The van der Waals surface area contributed by atoms with Gasteiger partial charge in [-0.3, -0.25) is 10.1 Å². The summed E-state index contributed by atoms with van der Waals surface area (Å²) in [5.41, 5.74) is 0.126. The van der Waals surface area contributed by atoms with Gasteiger partial charge in [-0.1, -0.05) is 13.8 Å². The number of anilines is 1. The highest BCUT2D eigenvalue weighted by molar-refractivity contribution is 5.93. The maximum absolute atomic E-state index is 11.0. The second-order valence-corrected chi connectivity index (χ2v) is 5.54. The first-order valence-electron chi connectivity index (χ1n) is 6.68. The fourth-order valence-corrected chi connectivity index (χ4v) is 2.28. The number of hydrogen-bond donors (Lipinski definition) is 1. The van der Waals surface area contributed by atoms with E-state index in [-0.39, 0.29) is 11.3 Å². The van der Waals surface area contributed by atoms with Crippen molar-refractivity contribution in [2.45, 2.75) is 32.7 Å². The molecule has 0 bridgehead atoms. The molecule has 0 aromatic heterocycles. The molecular formula is C14H18N2O4. The molecule has 0 amide bonds. The third-order valence-corrected chi connectivity index (χ3v) is 3.29. The van der Waals surface area contributed by atoms with Gasteiger partial charge in [-0.15, -0.1) is 0 Å². The van der Waals surface area contributed by atoms with Gasteiger partial charge in [-0.05, 0) is 30.9 Å². The molecule has 0 atom stereocenters. The summed E-state index contributed by atoms with van der Waals surface area (Å²) in [4.78, 5) is 23.6. The lowest BCUT2D eigenvalue weighted by molar-refractivity contribution is -0.385. The molecule has 2 rings (SSSR count). The number of nitrogens with zero attached hydrogens (tertiary/aromatic N) is 2. The minimum Gasteiger partial charge on any atom is -0.477 e. The Morgan fingerprint density at radius 2 is 2.15 bits per heavy atom. The van der Waals surface area contributed by atoms with Crippen LogP contribution in [0.5, 0.6) is 0 Å². The lowest BCUT2D eigenvalue weighted by atomic mass is 10.1.